The zero-order valence-electron chi connectivity index (χ0n) is 14.0. The quantitative estimate of drug-likeness (QED) is 0.698. The van der Waals surface area contributed by atoms with Crippen LogP contribution in [0.3, 0.4) is 0 Å². The zero-order valence-corrected chi connectivity index (χ0v) is 14.0. The topological polar surface area (TPSA) is 99.9 Å². The summed E-state index contributed by atoms with van der Waals surface area (Å²) < 4.78 is 1.59. The molecule has 0 saturated carbocycles. The van der Waals surface area contributed by atoms with E-state index in [1.54, 1.807) is 17.9 Å². The van der Waals surface area contributed by atoms with Crippen LogP contribution in [0.2, 0.25) is 0 Å². The molecule has 0 radical (unpaired) electrons. The molecule has 8 nitrogen and oxygen atoms in total. The first-order valence-electron chi connectivity index (χ1n) is 8.31. The molecule has 25 heavy (non-hydrogen) atoms. The van der Waals surface area contributed by atoms with Gasteiger partial charge in [0.05, 0.1) is 18.8 Å². The van der Waals surface area contributed by atoms with E-state index in [0.717, 1.165) is 18.7 Å². The Balaban J connectivity index is 1.48. The summed E-state index contributed by atoms with van der Waals surface area (Å²) in [5, 5.41) is 14.9. The highest BCUT2D eigenvalue weighted by Gasteiger charge is 2.32. The van der Waals surface area contributed by atoms with Crippen LogP contribution in [-0.2, 0) is 20.0 Å². The minimum atomic E-state index is -0.408. The molecule has 130 valence electrons. The number of aromatic nitrogens is 5. The van der Waals surface area contributed by atoms with E-state index in [4.69, 9.17) is 0 Å². The highest BCUT2D eigenvalue weighted by molar-refractivity contribution is 5.72. The van der Waals surface area contributed by atoms with Crippen molar-refractivity contribution in [2.75, 3.05) is 13.1 Å². The molecule has 1 aliphatic rings. The molecular formula is C17H20N6O2. The number of likely N-dealkylation sites (tertiary alicyclic amines) is 1. The lowest BCUT2D eigenvalue weighted by molar-refractivity contribution is 0.140. The Morgan fingerprint density at radius 1 is 1.36 bits per heavy atom. The Kier molecular flexibility index (Phi) is 4.06. The summed E-state index contributed by atoms with van der Waals surface area (Å²) in [6, 6.07) is 5.82. The molecule has 8 heteroatoms. The van der Waals surface area contributed by atoms with Gasteiger partial charge in [0.25, 0.3) is 5.56 Å². The van der Waals surface area contributed by atoms with E-state index >= 15 is 0 Å². The molecule has 0 unspecified atom stereocenters. The van der Waals surface area contributed by atoms with Crippen LogP contribution < -0.4 is 5.56 Å². The number of rotatable bonds is 4. The zero-order chi connectivity index (χ0) is 17.4. The van der Waals surface area contributed by atoms with Gasteiger partial charge in [-0.2, -0.15) is 5.10 Å². The summed E-state index contributed by atoms with van der Waals surface area (Å²) in [6.07, 6.45) is 3.62. The third kappa shape index (κ3) is 3.18. The van der Waals surface area contributed by atoms with Crippen molar-refractivity contribution in [2.45, 2.75) is 19.1 Å². The molecule has 0 aromatic carbocycles. The van der Waals surface area contributed by atoms with Gasteiger partial charge in [-0.1, -0.05) is 6.07 Å². The van der Waals surface area contributed by atoms with E-state index in [1.807, 2.05) is 18.2 Å². The van der Waals surface area contributed by atoms with E-state index in [1.165, 1.54) is 6.20 Å². The predicted octanol–water partition coefficient (Wildman–Crippen LogP) is 0.0870. The van der Waals surface area contributed by atoms with E-state index in [2.05, 4.69) is 25.0 Å². The highest BCUT2D eigenvalue weighted by atomic mass is 16.3. The maximum Gasteiger partial charge on any atom is 0.262 e. The first-order valence-corrected chi connectivity index (χ1v) is 8.31. The van der Waals surface area contributed by atoms with Crippen LogP contribution in [-0.4, -0.2) is 53.9 Å². The van der Waals surface area contributed by atoms with Crippen molar-refractivity contribution >= 4 is 11.0 Å². The average molecular weight is 340 g/mol. The maximum atomic E-state index is 12.1. The number of nitrogens with zero attached hydrogens (tertiary/aromatic N) is 5. The van der Waals surface area contributed by atoms with Gasteiger partial charge in [0, 0.05) is 37.9 Å². The molecule has 4 rings (SSSR count). The number of aliphatic hydroxyl groups excluding tert-OH is 1. The van der Waals surface area contributed by atoms with Crippen LogP contribution in [0, 0.1) is 5.92 Å². The lowest BCUT2D eigenvalue weighted by Gasteiger charge is -2.14. The minimum absolute atomic E-state index is 0.127. The highest BCUT2D eigenvalue weighted by Crippen LogP contribution is 2.22. The van der Waals surface area contributed by atoms with E-state index in [0.29, 0.717) is 29.9 Å². The van der Waals surface area contributed by atoms with Crippen molar-refractivity contribution in [3.05, 3.63) is 52.5 Å². The van der Waals surface area contributed by atoms with Crippen molar-refractivity contribution in [3.8, 4) is 0 Å². The first kappa shape index (κ1) is 15.9. The van der Waals surface area contributed by atoms with Crippen LogP contribution in [0.15, 0.2) is 35.4 Å². The normalized spacial score (nSPS) is 21.2. The average Bonchev–Trinajstić information content (AvgIpc) is 3.12. The summed E-state index contributed by atoms with van der Waals surface area (Å²) in [5.74, 6) is 0.717. The summed E-state index contributed by atoms with van der Waals surface area (Å²) in [4.78, 5) is 25.9. The summed E-state index contributed by atoms with van der Waals surface area (Å²) in [6.45, 7) is 1.79. The molecule has 4 heterocycles. The van der Waals surface area contributed by atoms with Gasteiger partial charge < -0.3 is 10.1 Å². The van der Waals surface area contributed by atoms with E-state index < -0.39 is 6.10 Å². The molecule has 1 aliphatic heterocycles. The van der Waals surface area contributed by atoms with Gasteiger partial charge in [0.15, 0.2) is 5.65 Å². The number of aromatic amines is 1. The van der Waals surface area contributed by atoms with Crippen LogP contribution in [0.4, 0.5) is 0 Å². The molecule has 3 aromatic rings. The fourth-order valence-corrected chi connectivity index (χ4v) is 3.42. The van der Waals surface area contributed by atoms with Crippen molar-refractivity contribution in [1.29, 1.82) is 0 Å². The third-order valence-electron chi connectivity index (χ3n) is 4.70. The molecule has 0 aliphatic carbocycles. The fourth-order valence-electron chi connectivity index (χ4n) is 3.42. The van der Waals surface area contributed by atoms with Gasteiger partial charge >= 0.3 is 0 Å². The molecule has 3 aromatic heterocycles. The van der Waals surface area contributed by atoms with Crippen molar-refractivity contribution < 1.29 is 5.11 Å². The van der Waals surface area contributed by atoms with Gasteiger partial charge in [0.1, 0.15) is 11.2 Å². The van der Waals surface area contributed by atoms with E-state index in [9.17, 15) is 9.90 Å². The number of aliphatic hydroxyl groups is 1. The molecular weight excluding hydrogens is 320 g/mol. The molecule has 0 bridgehead atoms. The van der Waals surface area contributed by atoms with Gasteiger partial charge in [0.2, 0.25) is 0 Å². The Morgan fingerprint density at radius 2 is 2.24 bits per heavy atom. The fraction of sp³-hybridized carbons (Fsp3) is 0.412. The van der Waals surface area contributed by atoms with Gasteiger partial charge in [-0.3, -0.25) is 19.4 Å². The van der Waals surface area contributed by atoms with Gasteiger partial charge in [-0.15, -0.1) is 0 Å². The van der Waals surface area contributed by atoms with Crippen molar-refractivity contribution in [2.24, 2.45) is 13.0 Å². The lowest BCUT2D eigenvalue weighted by Crippen LogP contribution is -2.24. The second-order valence-electron chi connectivity index (χ2n) is 6.56. The Bertz CT molecular complexity index is 935. The number of hydrogen-bond donors (Lipinski definition) is 2. The molecule has 1 saturated heterocycles. The summed E-state index contributed by atoms with van der Waals surface area (Å²) in [7, 11) is 1.76. The van der Waals surface area contributed by atoms with Crippen LogP contribution in [0.25, 0.3) is 11.0 Å². The van der Waals surface area contributed by atoms with E-state index in [-0.39, 0.29) is 11.5 Å². The number of pyridine rings is 1. The third-order valence-corrected chi connectivity index (χ3v) is 4.70. The molecule has 2 N–H and O–H groups in total. The Hall–Kier alpha value is -2.58. The number of fused-ring (bicyclic) bond motifs is 1. The van der Waals surface area contributed by atoms with Crippen LogP contribution in [0.5, 0.6) is 0 Å². The molecule has 2 atom stereocenters. The molecule has 0 amide bonds. The largest absolute Gasteiger partial charge is 0.391 e. The standard InChI is InChI=1S/C17H20N6O2/c1-22-16-13(7-19-22)17(25)21-15(20-16)10-23-8-11(14(24)9-23)6-12-4-2-3-5-18-12/h2-5,7,11,14,24H,6,8-10H2,1H3,(H,20,21,25)/t11-,14-/m1/s1. The number of β-amino-alcohol motifs (C(OH)–C–C–N with tert-alkyl or cyclic N) is 1. The molecule has 0 spiro atoms. The number of H-pyrrole nitrogens is 1. The smallest absolute Gasteiger partial charge is 0.262 e. The first-order chi connectivity index (χ1) is 12.1. The van der Waals surface area contributed by atoms with Gasteiger partial charge in [-0.25, -0.2) is 4.98 Å². The van der Waals surface area contributed by atoms with Crippen LogP contribution in [0.1, 0.15) is 11.5 Å². The second-order valence-corrected chi connectivity index (χ2v) is 6.56. The number of aryl methyl sites for hydroxylation is 1. The minimum Gasteiger partial charge on any atom is -0.391 e. The Labute approximate surface area is 144 Å². The SMILES string of the molecule is Cn1ncc2c(=O)[nH]c(CN3C[C@@H](Cc4ccccn4)[C@H](O)C3)nc21. The van der Waals surface area contributed by atoms with Crippen molar-refractivity contribution in [3.63, 3.8) is 0 Å². The summed E-state index contributed by atoms with van der Waals surface area (Å²) >= 11 is 0. The van der Waals surface area contributed by atoms with Crippen LogP contribution >= 0.6 is 0 Å². The number of nitrogens with one attached hydrogen (secondary N) is 1. The summed E-state index contributed by atoms with van der Waals surface area (Å²) in [5.41, 5.74) is 1.37. The second kappa shape index (κ2) is 6.38. The molecule has 1 fully saturated rings. The number of hydrogen-bond acceptors (Lipinski definition) is 6. The Morgan fingerprint density at radius 3 is 3.04 bits per heavy atom. The maximum absolute atomic E-state index is 12.1. The van der Waals surface area contributed by atoms with Crippen molar-refractivity contribution in [1.82, 2.24) is 29.6 Å². The lowest BCUT2D eigenvalue weighted by atomic mass is 10.00. The predicted molar refractivity (Wildman–Crippen MR) is 91.8 cm³/mol. The monoisotopic (exact) mass is 340 g/mol. The van der Waals surface area contributed by atoms with Gasteiger partial charge in [-0.05, 0) is 18.6 Å².